The van der Waals surface area contributed by atoms with E-state index in [1.54, 1.807) is 30.3 Å². The highest BCUT2D eigenvalue weighted by Gasteiger charge is 2.28. The number of carbonyl (C=O) groups is 1. The van der Waals surface area contributed by atoms with Crippen LogP contribution in [0.25, 0.3) is 5.57 Å². The lowest BCUT2D eigenvalue weighted by Crippen LogP contribution is -2.28. The molecule has 4 nitrogen and oxygen atoms in total. The van der Waals surface area contributed by atoms with Crippen LogP contribution in [0.1, 0.15) is 17.2 Å². The molecule has 0 heterocycles. The van der Waals surface area contributed by atoms with E-state index in [9.17, 15) is 13.6 Å². The van der Waals surface area contributed by atoms with Crippen molar-refractivity contribution in [3.63, 3.8) is 0 Å². The molecule has 0 bridgehead atoms. The zero-order valence-electron chi connectivity index (χ0n) is 16.6. The predicted molar refractivity (Wildman–Crippen MR) is 122 cm³/mol. The Morgan fingerprint density at radius 3 is 2.42 bits per heavy atom. The normalized spacial score (nSPS) is 12.2. The minimum atomic E-state index is -1.02. The highest BCUT2D eigenvalue weighted by molar-refractivity contribution is 7.83. The summed E-state index contributed by atoms with van der Waals surface area (Å²) < 4.78 is 33.0. The third kappa shape index (κ3) is 5.19. The number of rotatable bonds is 8. The minimum Gasteiger partial charge on any atom is -0.497 e. The Balaban J connectivity index is 1.99. The molecular formula is C24H20F2N2O2S. The Kier molecular flexibility index (Phi) is 7.20. The Hall–Kier alpha value is -3.45. The van der Waals surface area contributed by atoms with E-state index in [0.717, 1.165) is 0 Å². The van der Waals surface area contributed by atoms with E-state index < -0.39 is 29.2 Å². The summed E-state index contributed by atoms with van der Waals surface area (Å²) in [7, 11) is 1.52. The van der Waals surface area contributed by atoms with Crippen LogP contribution in [-0.4, -0.2) is 18.6 Å². The van der Waals surface area contributed by atoms with E-state index in [2.05, 4.69) is 17.9 Å². The van der Waals surface area contributed by atoms with Crippen molar-refractivity contribution in [2.24, 2.45) is 0 Å². The van der Waals surface area contributed by atoms with Gasteiger partial charge in [0.15, 0.2) is 0 Å². The molecule has 1 unspecified atom stereocenters. The quantitative estimate of drug-likeness (QED) is 0.313. The lowest BCUT2D eigenvalue weighted by atomic mass is 9.92. The molecule has 0 amide bonds. The van der Waals surface area contributed by atoms with Crippen molar-refractivity contribution in [2.45, 2.75) is 6.04 Å². The summed E-state index contributed by atoms with van der Waals surface area (Å²) >= 11 is 4.09. The average molecular weight is 438 g/mol. The number of halogens is 2. The van der Waals surface area contributed by atoms with Crippen LogP contribution in [0.4, 0.5) is 14.5 Å². The van der Waals surface area contributed by atoms with Crippen LogP contribution in [-0.2, 0) is 4.79 Å². The van der Waals surface area contributed by atoms with Gasteiger partial charge in [0.2, 0.25) is 5.78 Å². The summed E-state index contributed by atoms with van der Waals surface area (Å²) in [6.45, 7) is 0. The molecule has 1 atom stereocenters. The molecule has 7 heteroatoms. The summed E-state index contributed by atoms with van der Waals surface area (Å²) in [5.41, 5.74) is 0.731. The van der Waals surface area contributed by atoms with Crippen molar-refractivity contribution in [1.29, 1.82) is 5.41 Å². The van der Waals surface area contributed by atoms with Crippen molar-refractivity contribution in [2.75, 3.05) is 12.4 Å². The molecule has 3 aromatic rings. The van der Waals surface area contributed by atoms with Gasteiger partial charge in [0, 0.05) is 22.9 Å². The maximum Gasteiger partial charge on any atom is 0.207 e. The van der Waals surface area contributed by atoms with Crippen LogP contribution >= 0.6 is 12.6 Å². The van der Waals surface area contributed by atoms with Crippen LogP contribution in [0.3, 0.4) is 0 Å². The smallest absolute Gasteiger partial charge is 0.207 e. The number of thiol groups is 1. The largest absolute Gasteiger partial charge is 0.497 e. The fraction of sp³-hybridized carbons (Fsp3) is 0.0833. The van der Waals surface area contributed by atoms with Crippen LogP contribution < -0.4 is 10.1 Å². The van der Waals surface area contributed by atoms with E-state index in [1.165, 1.54) is 55.0 Å². The number of hydrogen-bond acceptors (Lipinski definition) is 5. The second kappa shape index (κ2) is 10.0. The first-order valence-electron chi connectivity index (χ1n) is 9.33. The van der Waals surface area contributed by atoms with Gasteiger partial charge in [-0.25, -0.2) is 8.78 Å². The van der Waals surface area contributed by atoms with Gasteiger partial charge >= 0.3 is 0 Å². The third-order valence-electron chi connectivity index (χ3n) is 4.66. The van der Waals surface area contributed by atoms with E-state index in [-0.39, 0.29) is 11.1 Å². The number of carbonyl (C=O) groups excluding carboxylic acids is 1. The van der Waals surface area contributed by atoms with Gasteiger partial charge < -0.3 is 10.1 Å². The van der Waals surface area contributed by atoms with Crippen LogP contribution in [0.5, 0.6) is 5.75 Å². The molecule has 2 N–H and O–H groups in total. The number of methoxy groups -OCH3 is 1. The summed E-state index contributed by atoms with van der Waals surface area (Å²) in [6, 6.07) is 17.2. The van der Waals surface area contributed by atoms with Crippen molar-refractivity contribution >= 4 is 35.4 Å². The highest BCUT2D eigenvalue weighted by Crippen LogP contribution is 2.28. The molecule has 0 aromatic heterocycles. The maximum absolute atomic E-state index is 14.3. The van der Waals surface area contributed by atoms with Crippen molar-refractivity contribution < 1.29 is 18.3 Å². The number of ketones is 1. The Morgan fingerprint density at radius 1 is 1.06 bits per heavy atom. The second-order valence-electron chi connectivity index (χ2n) is 6.62. The number of benzene rings is 3. The van der Waals surface area contributed by atoms with Crippen LogP contribution in [0, 0.1) is 17.0 Å². The monoisotopic (exact) mass is 438 g/mol. The molecule has 0 fully saturated rings. The molecule has 0 aliphatic heterocycles. The first-order chi connectivity index (χ1) is 14.9. The van der Waals surface area contributed by atoms with Gasteiger partial charge in [-0.3, -0.25) is 10.2 Å². The number of nitrogens with one attached hydrogen (secondary N) is 2. The Morgan fingerprint density at radius 2 is 1.77 bits per heavy atom. The zero-order valence-corrected chi connectivity index (χ0v) is 17.5. The van der Waals surface area contributed by atoms with E-state index >= 15 is 0 Å². The molecule has 0 saturated carbocycles. The topological polar surface area (TPSA) is 62.2 Å². The number of ether oxygens (including phenoxy) is 1. The van der Waals surface area contributed by atoms with Crippen molar-refractivity contribution in [3.05, 3.63) is 101 Å². The predicted octanol–water partition coefficient (Wildman–Crippen LogP) is 5.69. The van der Waals surface area contributed by atoms with Crippen molar-refractivity contribution in [1.82, 2.24) is 0 Å². The van der Waals surface area contributed by atoms with Crippen molar-refractivity contribution in [3.8, 4) is 5.75 Å². The summed E-state index contributed by atoms with van der Waals surface area (Å²) in [5, 5.41) is 12.8. The Labute approximate surface area is 184 Å². The zero-order chi connectivity index (χ0) is 22.4. The van der Waals surface area contributed by atoms with Gasteiger partial charge in [-0.15, -0.1) is 0 Å². The second-order valence-corrected chi connectivity index (χ2v) is 6.88. The molecule has 0 spiro atoms. The standard InChI is InChI=1S/C24H20F2N2O2S/c1-30-18-6-4-5-17(13-18)28-23(15-9-11-16(25)12-10-15)24(29)22(27)20(14-31)19-7-2-3-8-21(19)26/h2-14,23,27-28,31H,1H3/b20-14-,27-22?. The SMILES string of the molecule is COc1cccc(NC(C(=O)C(=N)/C(=C\S)c2ccccc2F)c2ccc(F)cc2)c1. The summed E-state index contributed by atoms with van der Waals surface area (Å²) in [6.07, 6.45) is 0. The minimum absolute atomic E-state index is 0.0472. The first-order valence-corrected chi connectivity index (χ1v) is 9.84. The fourth-order valence-corrected chi connectivity index (χ4v) is 3.33. The molecule has 31 heavy (non-hydrogen) atoms. The molecule has 0 saturated heterocycles. The molecular weight excluding hydrogens is 418 g/mol. The van der Waals surface area contributed by atoms with Gasteiger partial charge in [0.05, 0.1) is 7.11 Å². The third-order valence-corrected chi connectivity index (χ3v) is 4.91. The molecule has 3 aromatic carbocycles. The number of allylic oxidation sites excluding steroid dienone is 1. The lowest BCUT2D eigenvalue weighted by molar-refractivity contribution is -0.113. The van der Waals surface area contributed by atoms with E-state index in [4.69, 9.17) is 10.1 Å². The van der Waals surface area contributed by atoms with E-state index in [0.29, 0.717) is 17.0 Å². The van der Waals surface area contributed by atoms with Gasteiger partial charge in [-0.1, -0.05) is 36.4 Å². The first kappa shape index (κ1) is 22.2. The molecule has 0 radical (unpaired) electrons. The van der Waals surface area contributed by atoms with Crippen LogP contribution in [0.2, 0.25) is 0 Å². The highest BCUT2D eigenvalue weighted by atomic mass is 32.1. The lowest BCUT2D eigenvalue weighted by Gasteiger charge is -2.21. The maximum atomic E-state index is 14.3. The average Bonchev–Trinajstić information content (AvgIpc) is 2.79. The van der Waals surface area contributed by atoms with E-state index in [1.807, 2.05) is 0 Å². The summed E-state index contributed by atoms with van der Waals surface area (Å²) in [5.74, 6) is -1.07. The molecule has 158 valence electrons. The van der Waals surface area contributed by atoms with Gasteiger partial charge in [0.1, 0.15) is 29.1 Å². The Bertz CT molecular complexity index is 1130. The number of hydrogen-bond donors (Lipinski definition) is 3. The summed E-state index contributed by atoms with van der Waals surface area (Å²) in [4.78, 5) is 13.4. The van der Waals surface area contributed by atoms with Gasteiger partial charge in [-0.05, 0) is 41.3 Å². The van der Waals surface area contributed by atoms with Crippen LogP contribution in [0.15, 0.2) is 78.2 Å². The molecule has 0 aliphatic rings. The molecule has 3 rings (SSSR count). The van der Waals surface area contributed by atoms with Gasteiger partial charge in [0.25, 0.3) is 0 Å². The number of Topliss-reactive ketones (excluding diaryl/α,β-unsaturated/α-hetero) is 1. The number of anilines is 1. The fourth-order valence-electron chi connectivity index (χ4n) is 3.06. The molecule has 0 aliphatic carbocycles. The van der Waals surface area contributed by atoms with Gasteiger partial charge in [-0.2, -0.15) is 12.6 Å².